The van der Waals surface area contributed by atoms with Crippen molar-refractivity contribution in [3.8, 4) is 5.69 Å². The zero-order valence-corrected chi connectivity index (χ0v) is 18.8. The van der Waals surface area contributed by atoms with E-state index in [4.69, 9.17) is 0 Å². The van der Waals surface area contributed by atoms with Crippen molar-refractivity contribution in [1.82, 2.24) is 19.8 Å². The minimum Gasteiger partial charge on any atom is -0.324 e. The second kappa shape index (κ2) is 9.12. The van der Waals surface area contributed by atoms with Crippen molar-refractivity contribution in [3.05, 3.63) is 83.1 Å². The number of benzene rings is 1. The molecule has 168 valence electrons. The molecule has 1 aliphatic rings. The lowest BCUT2D eigenvalue weighted by Crippen LogP contribution is -2.38. The standard InChI is InChI=1S/C25H25N5O3/c1-4-18-7-5-6-8-21(18)27-23(31)15-29-24(32)22(28-25(29)33)14-19-13-16(2)30(17(19)3)20-9-11-26-12-10-20/h5-14H,4,15H2,1-3H3,(H,27,31)(H,28,33)/b22-14+. The molecule has 33 heavy (non-hydrogen) atoms. The third-order valence-electron chi connectivity index (χ3n) is 5.63. The van der Waals surface area contributed by atoms with Gasteiger partial charge in [-0.2, -0.15) is 0 Å². The van der Waals surface area contributed by atoms with Crippen LogP contribution < -0.4 is 10.6 Å². The summed E-state index contributed by atoms with van der Waals surface area (Å²) in [4.78, 5) is 42.8. The average molecular weight is 444 g/mol. The summed E-state index contributed by atoms with van der Waals surface area (Å²) in [7, 11) is 0. The molecule has 8 nitrogen and oxygen atoms in total. The lowest BCUT2D eigenvalue weighted by atomic mass is 10.1. The Morgan fingerprint density at radius 1 is 1.12 bits per heavy atom. The normalized spacial score (nSPS) is 14.6. The Hall–Kier alpha value is -4.20. The summed E-state index contributed by atoms with van der Waals surface area (Å²) < 4.78 is 2.05. The predicted octanol–water partition coefficient (Wildman–Crippen LogP) is 3.58. The van der Waals surface area contributed by atoms with Crippen molar-refractivity contribution in [2.24, 2.45) is 0 Å². The maximum atomic E-state index is 12.9. The van der Waals surface area contributed by atoms with Crippen LogP contribution in [0.2, 0.25) is 0 Å². The first-order valence-electron chi connectivity index (χ1n) is 10.7. The summed E-state index contributed by atoms with van der Waals surface area (Å²) in [5.41, 5.74) is 5.45. The van der Waals surface area contributed by atoms with Gasteiger partial charge in [0.1, 0.15) is 12.2 Å². The number of carbonyl (C=O) groups excluding carboxylic acids is 3. The van der Waals surface area contributed by atoms with Crippen molar-refractivity contribution >= 4 is 29.6 Å². The van der Waals surface area contributed by atoms with Gasteiger partial charge in [-0.15, -0.1) is 0 Å². The Balaban J connectivity index is 1.52. The monoisotopic (exact) mass is 443 g/mol. The van der Waals surface area contributed by atoms with Crippen molar-refractivity contribution < 1.29 is 14.4 Å². The van der Waals surface area contributed by atoms with Gasteiger partial charge in [-0.1, -0.05) is 25.1 Å². The van der Waals surface area contributed by atoms with Crippen LogP contribution in [0.3, 0.4) is 0 Å². The Bertz CT molecular complexity index is 1260. The van der Waals surface area contributed by atoms with Crippen LogP contribution >= 0.6 is 0 Å². The van der Waals surface area contributed by atoms with Crippen LogP contribution in [0.5, 0.6) is 0 Å². The SMILES string of the molecule is CCc1ccccc1NC(=O)CN1C(=O)N/C(=C/c2cc(C)n(-c3ccncc3)c2C)C1=O. The summed E-state index contributed by atoms with van der Waals surface area (Å²) >= 11 is 0. The maximum Gasteiger partial charge on any atom is 0.329 e. The van der Waals surface area contributed by atoms with E-state index in [1.54, 1.807) is 24.5 Å². The van der Waals surface area contributed by atoms with Crippen LogP contribution in [0, 0.1) is 13.8 Å². The fourth-order valence-electron chi connectivity index (χ4n) is 3.98. The third-order valence-corrected chi connectivity index (χ3v) is 5.63. The van der Waals surface area contributed by atoms with E-state index in [2.05, 4.69) is 15.6 Å². The highest BCUT2D eigenvalue weighted by atomic mass is 16.2. The smallest absolute Gasteiger partial charge is 0.324 e. The van der Waals surface area contributed by atoms with E-state index >= 15 is 0 Å². The molecule has 0 saturated carbocycles. The van der Waals surface area contributed by atoms with E-state index in [9.17, 15) is 14.4 Å². The van der Waals surface area contributed by atoms with Gasteiger partial charge in [-0.3, -0.25) is 14.6 Å². The molecule has 1 aromatic carbocycles. The maximum absolute atomic E-state index is 12.9. The number of aromatic nitrogens is 2. The molecule has 0 spiro atoms. The number of nitrogens with one attached hydrogen (secondary N) is 2. The van der Waals surface area contributed by atoms with Gasteiger partial charge >= 0.3 is 6.03 Å². The number of urea groups is 1. The fraction of sp³-hybridized carbons (Fsp3) is 0.200. The molecule has 0 radical (unpaired) electrons. The van der Waals surface area contributed by atoms with Gasteiger partial charge < -0.3 is 15.2 Å². The summed E-state index contributed by atoms with van der Waals surface area (Å²) in [5.74, 6) is -0.968. The van der Waals surface area contributed by atoms with Gasteiger partial charge in [-0.05, 0) is 61.7 Å². The zero-order valence-electron chi connectivity index (χ0n) is 18.8. The number of carbonyl (C=O) groups is 3. The van der Waals surface area contributed by atoms with Crippen LogP contribution in [0.25, 0.3) is 11.8 Å². The fourth-order valence-corrected chi connectivity index (χ4v) is 3.98. The number of imide groups is 1. The van der Waals surface area contributed by atoms with Crippen molar-refractivity contribution in [3.63, 3.8) is 0 Å². The summed E-state index contributed by atoms with van der Waals surface area (Å²) in [6.07, 6.45) is 5.83. The van der Waals surface area contributed by atoms with Gasteiger partial charge in [0.05, 0.1) is 0 Å². The number of rotatable bonds is 6. The summed E-state index contributed by atoms with van der Waals surface area (Å²) in [5, 5.41) is 5.38. The molecule has 8 heteroatoms. The molecule has 0 aliphatic carbocycles. The molecule has 3 heterocycles. The highest BCUT2D eigenvalue weighted by molar-refractivity contribution is 6.16. The van der Waals surface area contributed by atoms with Crippen LogP contribution in [-0.2, 0) is 16.0 Å². The van der Waals surface area contributed by atoms with Gasteiger partial charge in [0.2, 0.25) is 5.91 Å². The Kier molecular flexibility index (Phi) is 6.08. The van der Waals surface area contributed by atoms with Crippen LogP contribution in [0.15, 0.2) is 60.6 Å². The van der Waals surface area contributed by atoms with Gasteiger partial charge in [0, 0.05) is 35.2 Å². The average Bonchev–Trinajstić information content (AvgIpc) is 3.23. The number of pyridine rings is 1. The molecule has 0 unspecified atom stereocenters. The highest BCUT2D eigenvalue weighted by Crippen LogP contribution is 2.24. The summed E-state index contributed by atoms with van der Waals surface area (Å²) in [6, 6.07) is 12.6. The van der Waals surface area contributed by atoms with Crippen LogP contribution in [0.4, 0.5) is 10.5 Å². The molecule has 1 saturated heterocycles. The van der Waals surface area contributed by atoms with E-state index < -0.39 is 17.8 Å². The molecular weight excluding hydrogens is 418 g/mol. The first-order valence-corrected chi connectivity index (χ1v) is 10.7. The first-order chi connectivity index (χ1) is 15.9. The number of hydrogen-bond donors (Lipinski definition) is 2. The number of hydrogen-bond acceptors (Lipinski definition) is 4. The highest BCUT2D eigenvalue weighted by Gasteiger charge is 2.35. The summed E-state index contributed by atoms with van der Waals surface area (Å²) in [6.45, 7) is 5.54. The second-order valence-corrected chi connectivity index (χ2v) is 7.81. The van der Waals surface area contributed by atoms with E-state index in [-0.39, 0.29) is 12.2 Å². The topological polar surface area (TPSA) is 96.3 Å². The molecule has 2 N–H and O–H groups in total. The molecule has 0 bridgehead atoms. The Morgan fingerprint density at radius 3 is 2.58 bits per heavy atom. The Morgan fingerprint density at radius 2 is 1.85 bits per heavy atom. The Labute approximate surface area is 191 Å². The molecular formula is C25H25N5O3. The zero-order chi connectivity index (χ0) is 23.5. The minimum atomic E-state index is -0.617. The molecule has 3 aromatic rings. The number of amides is 4. The van der Waals surface area contributed by atoms with Gasteiger partial charge in [-0.25, -0.2) is 9.69 Å². The lowest BCUT2D eigenvalue weighted by molar-refractivity contribution is -0.127. The second-order valence-electron chi connectivity index (χ2n) is 7.81. The minimum absolute atomic E-state index is 0.136. The van der Waals surface area contributed by atoms with E-state index in [0.29, 0.717) is 5.69 Å². The van der Waals surface area contributed by atoms with Crippen molar-refractivity contribution in [2.75, 3.05) is 11.9 Å². The number of para-hydroxylation sites is 1. The van der Waals surface area contributed by atoms with Gasteiger partial charge in [0.25, 0.3) is 5.91 Å². The molecule has 4 amide bonds. The van der Waals surface area contributed by atoms with E-state index in [1.807, 2.05) is 61.7 Å². The number of aryl methyl sites for hydroxylation is 2. The molecule has 4 rings (SSSR count). The number of nitrogens with zero attached hydrogens (tertiary/aromatic N) is 3. The van der Waals surface area contributed by atoms with E-state index in [1.165, 1.54) is 0 Å². The van der Waals surface area contributed by atoms with Crippen LogP contribution in [0.1, 0.15) is 29.4 Å². The quantitative estimate of drug-likeness (QED) is 0.450. The predicted molar refractivity (Wildman–Crippen MR) is 126 cm³/mol. The molecule has 0 atom stereocenters. The number of anilines is 1. The third kappa shape index (κ3) is 4.41. The molecule has 2 aromatic heterocycles. The van der Waals surface area contributed by atoms with Crippen molar-refractivity contribution in [1.29, 1.82) is 0 Å². The van der Waals surface area contributed by atoms with Crippen molar-refractivity contribution in [2.45, 2.75) is 27.2 Å². The molecule has 1 aliphatic heterocycles. The largest absolute Gasteiger partial charge is 0.329 e. The van der Waals surface area contributed by atoms with Crippen LogP contribution in [-0.4, -0.2) is 38.8 Å². The van der Waals surface area contributed by atoms with Gasteiger partial charge in [0.15, 0.2) is 0 Å². The molecule has 1 fully saturated rings. The van der Waals surface area contributed by atoms with E-state index in [0.717, 1.165) is 39.5 Å². The lowest BCUT2D eigenvalue weighted by Gasteiger charge is -2.13. The first kappa shape index (κ1) is 22.0.